The summed E-state index contributed by atoms with van der Waals surface area (Å²) in [6.07, 6.45) is 9.93. The van der Waals surface area contributed by atoms with Crippen LogP contribution in [0.4, 0.5) is 23.4 Å². The summed E-state index contributed by atoms with van der Waals surface area (Å²) in [6.45, 7) is 3.93. The molecule has 2 bridgehead atoms. The first-order valence-electron chi connectivity index (χ1n) is 16.7. The van der Waals surface area contributed by atoms with Gasteiger partial charge in [-0.1, -0.05) is 18.9 Å². The predicted octanol–water partition coefficient (Wildman–Crippen LogP) is 5.91. The molecule has 4 aromatic rings. The Hall–Kier alpha value is -4.21. The number of pyridine rings is 1. The number of hydrogen-bond acceptors (Lipinski definition) is 8. The normalized spacial score (nSPS) is 28.8. The SMILES string of the molecule is C#Cc1c(F)ccc2cc(O)cc(-c3nc4c5c(nc(OCC67CCCN6CCC7)nc5c3F)N3C[C@@]5(F)CC[C@](F)(N5)[C@@H]3[C@@H](C)C4)c12. The lowest BCUT2D eigenvalue weighted by molar-refractivity contribution is -0.00286. The van der Waals surface area contributed by atoms with Crippen LogP contribution in [0, 0.1) is 29.9 Å². The van der Waals surface area contributed by atoms with E-state index in [1.807, 2.05) is 6.92 Å². The molecule has 4 atom stereocenters. The fourth-order valence-corrected chi connectivity index (χ4v) is 9.43. The third-order valence-corrected chi connectivity index (χ3v) is 11.4. The molecule has 0 saturated carbocycles. The van der Waals surface area contributed by atoms with Crippen molar-refractivity contribution in [3.8, 4) is 35.4 Å². The van der Waals surface area contributed by atoms with Gasteiger partial charge >= 0.3 is 6.01 Å². The van der Waals surface area contributed by atoms with E-state index < -0.39 is 35.2 Å². The van der Waals surface area contributed by atoms with E-state index in [2.05, 4.69) is 21.1 Å². The molecule has 2 N–H and O–H groups in total. The Bertz CT molecular complexity index is 2080. The Balaban J connectivity index is 1.29. The second-order valence-corrected chi connectivity index (χ2v) is 14.3. The van der Waals surface area contributed by atoms with Gasteiger partial charge in [0.2, 0.25) is 0 Å². The zero-order valence-electron chi connectivity index (χ0n) is 26.4. The Morgan fingerprint density at radius 1 is 1.06 bits per heavy atom. The zero-order chi connectivity index (χ0) is 33.2. The van der Waals surface area contributed by atoms with Crippen LogP contribution in [-0.2, 0) is 6.42 Å². The van der Waals surface area contributed by atoms with Gasteiger partial charge in [-0.15, -0.1) is 6.42 Å². The maximum Gasteiger partial charge on any atom is 0.319 e. The highest BCUT2D eigenvalue weighted by atomic mass is 19.2. The summed E-state index contributed by atoms with van der Waals surface area (Å²) in [4.78, 5) is 18.2. The average molecular weight is 659 g/mol. The number of benzene rings is 2. The number of terminal acetylenes is 1. The van der Waals surface area contributed by atoms with Gasteiger partial charge in [0, 0.05) is 23.8 Å². The van der Waals surface area contributed by atoms with Crippen LogP contribution in [0.1, 0.15) is 56.7 Å². The summed E-state index contributed by atoms with van der Waals surface area (Å²) < 4.78 is 71.2. The van der Waals surface area contributed by atoms with Gasteiger partial charge in [0.1, 0.15) is 35.2 Å². The average Bonchev–Trinajstić information content (AvgIpc) is 3.68. The number of nitrogens with one attached hydrogen (secondary N) is 1. The Kier molecular flexibility index (Phi) is 6.32. The molecule has 2 aromatic heterocycles. The van der Waals surface area contributed by atoms with Crippen LogP contribution >= 0.6 is 0 Å². The van der Waals surface area contributed by atoms with Gasteiger partial charge in [0.25, 0.3) is 0 Å². The van der Waals surface area contributed by atoms with Crippen LogP contribution in [-0.4, -0.2) is 74.4 Å². The first-order valence-corrected chi connectivity index (χ1v) is 16.7. The molecule has 0 spiro atoms. The number of hydrogen-bond donors (Lipinski definition) is 2. The fourth-order valence-electron chi connectivity index (χ4n) is 9.43. The zero-order valence-corrected chi connectivity index (χ0v) is 26.4. The van der Waals surface area contributed by atoms with Crippen molar-refractivity contribution in [2.75, 3.05) is 31.1 Å². The van der Waals surface area contributed by atoms with Crippen molar-refractivity contribution in [1.82, 2.24) is 25.2 Å². The van der Waals surface area contributed by atoms with E-state index in [0.29, 0.717) is 17.7 Å². The molecule has 0 aliphatic carbocycles. The maximum atomic E-state index is 17.2. The summed E-state index contributed by atoms with van der Waals surface area (Å²) in [6, 6.07) is 4.45. The van der Waals surface area contributed by atoms with Gasteiger partial charge in [-0.3, -0.25) is 4.90 Å². The number of aromatic hydroxyl groups is 1. The summed E-state index contributed by atoms with van der Waals surface area (Å²) in [5, 5.41) is 14.2. The molecule has 0 unspecified atom stereocenters. The summed E-state index contributed by atoms with van der Waals surface area (Å²) in [5.41, 5.74) is -0.120. The van der Waals surface area contributed by atoms with E-state index in [4.69, 9.17) is 21.1 Å². The van der Waals surface area contributed by atoms with E-state index in [0.717, 1.165) is 38.8 Å². The highest BCUT2D eigenvalue weighted by molar-refractivity contribution is 6.03. The monoisotopic (exact) mass is 658 g/mol. The second kappa shape index (κ2) is 10.2. The van der Waals surface area contributed by atoms with E-state index in [9.17, 15) is 5.11 Å². The highest BCUT2D eigenvalue weighted by Gasteiger charge is 2.62. The summed E-state index contributed by atoms with van der Waals surface area (Å²) in [5.74, 6) is -3.65. The van der Waals surface area contributed by atoms with E-state index >= 15 is 17.6 Å². The molecular formula is C36H34F4N6O2. The molecule has 0 amide bonds. The largest absolute Gasteiger partial charge is 0.508 e. The van der Waals surface area contributed by atoms with E-state index in [1.54, 1.807) is 4.90 Å². The molecule has 7 heterocycles. The van der Waals surface area contributed by atoms with Crippen LogP contribution < -0.4 is 15.0 Å². The van der Waals surface area contributed by atoms with Gasteiger partial charge < -0.3 is 14.7 Å². The van der Waals surface area contributed by atoms with Crippen LogP contribution in [0.25, 0.3) is 32.9 Å². The highest BCUT2D eigenvalue weighted by Crippen LogP contribution is 2.51. The number of aromatic nitrogens is 3. The number of phenols is 1. The van der Waals surface area contributed by atoms with Gasteiger partial charge in [-0.25, -0.2) is 27.9 Å². The topological polar surface area (TPSA) is 86.6 Å². The lowest BCUT2D eigenvalue weighted by Gasteiger charge is -2.48. The first-order chi connectivity index (χ1) is 23.0. The second-order valence-electron chi connectivity index (χ2n) is 14.3. The fraction of sp³-hybridized carbons (Fsp3) is 0.472. The minimum absolute atomic E-state index is 0.00376. The van der Waals surface area contributed by atoms with Gasteiger partial charge in [-0.2, -0.15) is 9.97 Å². The van der Waals surface area contributed by atoms with E-state index in [1.165, 1.54) is 24.3 Å². The number of phenolic OH excluding ortho intramolecular Hbond substituents is 1. The number of alkyl halides is 2. The number of nitrogens with zero attached hydrogens (tertiary/aromatic N) is 5. The van der Waals surface area contributed by atoms with Gasteiger partial charge in [0.05, 0.1) is 34.8 Å². The van der Waals surface area contributed by atoms with Crippen molar-refractivity contribution in [3.63, 3.8) is 0 Å². The lowest BCUT2D eigenvalue weighted by Crippen LogP contribution is -2.69. The van der Waals surface area contributed by atoms with Crippen molar-refractivity contribution < 1.29 is 27.4 Å². The van der Waals surface area contributed by atoms with Gasteiger partial charge in [0.15, 0.2) is 17.4 Å². The summed E-state index contributed by atoms with van der Waals surface area (Å²) >= 11 is 0. The van der Waals surface area contributed by atoms with Crippen molar-refractivity contribution in [1.29, 1.82) is 0 Å². The van der Waals surface area contributed by atoms with Crippen LogP contribution in [0.3, 0.4) is 0 Å². The van der Waals surface area contributed by atoms with Crippen molar-refractivity contribution in [2.45, 2.75) is 75.0 Å². The number of piperazine rings is 1. The molecule has 248 valence electrons. The molecule has 5 aliphatic rings. The maximum absolute atomic E-state index is 17.2. The smallest absolute Gasteiger partial charge is 0.319 e. The van der Waals surface area contributed by atoms with Crippen LogP contribution in [0.5, 0.6) is 11.8 Å². The number of fused-ring (bicyclic) bond motifs is 7. The Labute approximate surface area is 274 Å². The molecule has 5 aliphatic heterocycles. The molecule has 12 heteroatoms. The van der Waals surface area contributed by atoms with E-state index in [-0.39, 0.29) is 82.0 Å². The van der Waals surface area contributed by atoms with Gasteiger partial charge in [-0.05, 0) is 74.7 Å². The van der Waals surface area contributed by atoms with Crippen molar-refractivity contribution >= 4 is 27.5 Å². The number of rotatable bonds is 4. The van der Waals surface area contributed by atoms with Crippen LogP contribution in [0.15, 0.2) is 24.3 Å². The number of halogens is 4. The molecule has 2 aromatic carbocycles. The quantitative estimate of drug-likeness (QED) is 0.159. The Morgan fingerprint density at radius 2 is 1.85 bits per heavy atom. The molecule has 4 saturated heterocycles. The first kappa shape index (κ1) is 29.9. The Morgan fingerprint density at radius 3 is 2.62 bits per heavy atom. The standard InChI is InChI=1S/C36H34F4N6O2/c1-3-22-24(37)7-6-20-15-21(47)16-23(26(20)22)29-28(38)30-27-25(41-29)14-19(2)31-36(40)11-10-35(39,44-36)17-46(31)32(27)43-33(42-30)48-18-34-8-4-12-45(34)13-5-9-34/h1,6-7,15-16,19,31,44,47H,4-5,8-14,17-18H2,2H3/t19-,31-,35+,36-/m0/s1. The lowest BCUT2D eigenvalue weighted by atomic mass is 9.87. The molecule has 4 fully saturated rings. The third-order valence-electron chi connectivity index (χ3n) is 11.4. The third kappa shape index (κ3) is 4.19. The van der Waals surface area contributed by atoms with Crippen molar-refractivity contribution in [2.24, 2.45) is 5.92 Å². The molecule has 48 heavy (non-hydrogen) atoms. The summed E-state index contributed by atoms with van der Waals surface area (Å²) in [7, 11) is 0. The number of anilines is 1. The van der Waals surface area contributed by atoms with Crippen molar-refractivity contribution in [3.05, 3.63) is 47.2 Å². The molecule has 8 nitrogen and oxygen atoms in total. The molecule has 9 rings (SSSR count). The number of ether oxygens (including phenoxy) is 1. The minimum Gasteiger partial charge on any atom is -0.508 e. The molecular weight excluding hydrogens is 624 g/mol. The van der Waals surface area contributed by atoms with Crippen LogP contribution in [0.2, 0.25) is 0 Å². The molecule has 0 radical (unpaired) electrons. The minimum atomic E-state index is -2.05. The predicted molar refractivity (Wildman–Crippen MR) is 172 cm³/mol.